The summed E-state index contributed by atoms with van der Waals surface area (Å²) in [5, 5.41) is 3.82. The van der Waals surface area contributed by atoms with Gasteiger partial charge in [0.2, 0.25) is 5.91 Å². The van der Waals surface area contributed by atoms with Gasteiger partial charge >= 0.3 is 0 Å². The first-order valence-electron chi connectivity index (χ1n) is 8.14. The minimum Gasteiger partial charge on any atom is -0.493 e. The summed E-state index contributed by atoms with van der Waals surface area (Å²) in [4.78, 5) is 12.7. The number of benzene rings is 2. The summed E-state index contributed by atoms with van der Waals surface area (Å²) in [5.41, 5.74) is 2.03. The van der Waals surface area contributed by atoms with Gasteiger partial charge in [-0.25, -0.2) is 0 Å². The van der Waals surface area contributed by atoms with Gasteiger partial charge in [0.05, 0.1) is 18.6 Å². The van der Waals surface area contributed by atoms with Gasteiger partial charge in [0, 0.05) is 17.0 Å². The summed E-state index contributed by atoms with van der Waals surface area (Å²) < 4.78 is 11.4. The van der Waals surface area contributed by atoms with Gasteiger partial charge in [0.15, 0.2) is 0 Å². The Labute approximate surface area is 145 Å². The number of amides is 1. The van der Waals surface area contributed by atoms with Crippen LogP contribution in [-0.2, 0) is 11.2 Å². The molecule has 1 amide bonds. The number of rotatable bonds is 2. The number of carbonyl (C=O) groups excluding carboxylic acids is 1. The topological polar surface area (TPSA) is 47.6 Å². The van der Waals surface area contributed by atoms with E-state index in [0.717, 1.165) is 29.0 Å². The molecule has 0 saturated carbocycles. The number of fused-ring (bicyclic) bond motifs is 2. The minimum atomic E-state index is -0.203. The molecule has 2 unspecified atom stereocenters. The van der Waals surface area contributed by atoms with E-state index in [1.54, 1.807) is 6.07 Å². The van der Waals surface area contributed by atoms with Crippen molar-refractivity contribution in [2.45, 2.75) is 18.9 Å². The normalized spacial score (nSPS) is 21.7. The second kappa shape index (κ2) is 6.36. The van der Waals surface area contributed by atoms with Crippen molar-refractivity contribution in [3.05, 3.63) is 58.6 Å². The van der Waals surface area contributed by atoms with E-state index in [4.69, 9.17) is 21.1 Å². The number of para-hydroxylation sites is 1. The molecule has 4 nitrogen and oxygen atoms in total. The van der Waals surface area contributed by atoms with E-state index in [9.17, 15) is 4.79 Å². The molecule has 2 aromatic rings. The van der Waals surface area contributed by atoms with E-state index < -0.39 is 0 Å². The van der Waals surface area contributed by atoms with Crippen molar-refractivity contribution >= 4 is 17.5 Å². The average Bonchev–Trinajstić information content (AvgIpc) is 2.61. The maximum atomic E-state index is 12.7. The van der Waals surface area contributed by atoms with Gasteiger partial charge < -0.3 is 14.8 Å². The highest BCUT2D eigenvalue weighted by Crippen LogP contribution is 2.33. The second-order valence-corrected chi connectivity index (χ2v) is 6.64. The molecule has 0 aromatic heterocycles. The Morgan fingerprint density at radius 3 is 2.92 bits per heavy atom. The monoisotopic (exact) mass is 343 g/mol. The maximum Gasteiger partial charge on any atom is 0.227 e. The van der Waals surface area contributed by atoms with E-state index in [0.29, 0.717) is 24.7 Å². The van der Waals surface area contributed by atoms with E-state index >= 15 is 0 Å². The number of hydrogen-bond acceptors (Lipinski definition) is 3. The van der Waals surface area contributed by atoms with Crippen LogP contribution in [0.1, 0.15) is 23.6 Å². The molecule has 0 radical (unpaired) electrons. The molecule has 2 aliphatic rings. The van der Waals surface area contributed by atoms with Crippen LogP contribution in [0.5, 0.6) is 11.5 Å². The van der Waals surface area contributed by atoms with Crippen LogP contribution in [0.15, 0.2) is 42.5 Å². The van der Waals surface area contributed by atoms with Gasteiger partial charge in [-0.3, -0.25) is 4.79 Å². The summed E-state index contributed by atoms with van der Waals surface area (Å²) in [6, 6.07) is 13.4. The van der Waals surface area contributed by atoms with E-state index in [2.05, 4.69) is 5.32 Å². The largest absolute Gasteiger partial charge is 0.493 e. The van der Waals surface area contributed by atoms with Crippen LogP contribution >= 0.6 is 11.6 Å². The Morgan fingerprint density at radius 1 is 1.12 bits per heavy atom. The van der Waals surface area contributed by atoms with Crippen LogP contribution in [-0.4, -0.2) is 19.1 Å². The molecule has 2 aromatic carbocycles. The smallest absolute Gasteiger partial charge is 0.227 e. The van der Waals surface area contributed by atoms with Crippen molar-refractivity contribution in [1.29, 1.82) is 0 Å². The van der Waals surface area contributed by atoms with Crippen molar-refractivity contribution in [3.63, 3.8) is 0 Å². The zero-order chi connectivity index (χ0) is 16.5. The third-order valence-electron chi connectivity index (χ3n) is 4.57. The van der Waals surface area contributed by atoms with Crippen molar-refractivity contribution in [3.8, 4) is 11.5 Å². The van der Waals surface area contributed by atoms with E-state index in [1.165, 1.54) is 0 Å². The molecule has 2 atom stereocenters. The molecule has 5 heteroatoms. The third kappa shape index (κ3) is 2.94. The summed E-state index contributed by atoms with van der Waals surface area (Å²) in [5.74, 6) is 1.49. The lowest BCUT2D eigenvalue weighted by Gasteiger charge is -2.30. The van der Waals surface area contributed by atoms with Crippen LogP contribution in [0, 0.1) is 5.92 Å². The SMILES string of the molecule is O=C(NC1CCOc2ccccc21)C1COc2ccc(Cl)cc2C1. The van der Waals surface area contributed by atoms with Crippen molar-refractivity contribution in [1.82, 2.24) is 5.32 Å². The number of hydrogen-bond donors (Lipinski definition) is 1. The van der Waals surface area contributed by atoms with Gasteiger partial charge in [0.1, 0.15) is 18.1 Å². The first-order valence-corrected chi connectivity index (χ1v) is 8.52. The summed E-state index contributed by atoms with van der Waals surface area (Å²) >= 11 is 6.05. The summed E-state index contributed by atoms with van der Waals surface area (Å²) in [6.45, 7) is 1.01. The molecule has 1 N–H and O–H groups in total. The zero-order valence-electron chi connectivity index (χ0n) is 13.1. The van der Waals surface area contributed by atoms with Crippen molar-refractivity contribution < 1.29 is 14.3 Å². The molecule has 0 fully saturated rings. The summed E-state index contributed by atoms with van der Waals surface area (Å²) in [7, 11) is 0. The van der Waals surface area contributed by atoms with Gasteiger partial charge in [0.25, 0.3) is 0 Å². The molecule has 0 bridgehead atoms. The fourth-order valence-corrected chi connectivity index (χ4v) is 3.51. The Morgan fingerprint density at radius 2 is 2.00 bits per heavy atom. The number of ether oxygens (including phenoxy) is 2. The molecular formula is C19H18ClNO3. The fraction of sp³-hybridized carbons (Fsp3) is 0.316. The predicted octanol–water partition coefficient (Wildman–Crippen LogP) is 3.53. The predicted molar refractivity (Wildman–Crippen MR) is 91.6 cm³/mol. The Kier molecular flexibility index (Phi) is 4.07. The lowest BCUT2D eigenvalue weighted by Crippen LogP contribution is -2.40. The molecule has 2 heterocycles. The Balaban J connectivity index is 1.48. The van der Waals surface area contributed by atoms with Crippen molar-refractivity contribution in [2.75, 3.05) is 13.2 Å². The maximum absolute atomic E-state index is 12.7. The first kappa shape index (κ1) is 15.3. The number of halogens is 1. The van der Waals surface area contributed by atoms with Gasteiger partial charge in [-0.2, -0.15) is 0 Å². The molecule has 0 saturated heterocycles. The Bertz CT molecular complexity index is 777. The third-order valence-corrected chi connectivity index (χ3v) is 4.81. The second-order valence-electron chi connectivity index (χ2n) is 6.20. The molecular weight excluding hydrogens is 326 g/mol. The molecule has 124 valence electrons. The highest BCUT2D eigenvalue weighted by Gasteiger charge is 2.29. The van der Waals surface area contributed by atoms with Crippen LogP contribution in [0.2, 0.25) is 5.02 Å². The number of nitrogens with one attached hydrogen (secondary N) is 1. The van der Waals surface area contributed by atoms with Gasteiger partial charge in [-0.1, -0.05) is 29.8 Å². The lowest BCUT2D eigenvalue weighted by atomic mass is 9.94. The standard InChI is InChI=1S/C19H18ClNO3/c20-14-5-6-17-12(10-14)9-13(11-24-17)19(22)21-16-7-8-23-18-4-2-1-3-15(16)18/h1-6,10,13,16H,7-9,11H2,(H,21,22). The molecule has 0 aliphatic carbocycles. The van der Waals surface area contributed by atoms with Crippen LogP contribution in [0.3, 0.4) is 0 Å². The van der Waals surface area contributed by atoms with E-state index in [1.807, 2.05) is 36.4 Å². The van der Waals surface area contributed by atoms with Crippen LogP contribution < -0.4 is 14.8 Å². The van der Waals surface area contributed by atoms with Gasteiger partial charge in [-0.05, 0) is 36.2 Å². The highest BCUT2D eigenvalue weighted by atomic mass is 35.5. The Hall–Kier alpha value is -2.20. The average molecular weight is 344 g/mol. The number of carbonyl (C=O) groups is 1. The first-order chi connectivity index (χ1) is 11.7. The molecule has 2 aliphatic heterocycles. The van der Waals surface area contributed by atoms with Gasteiger partial charge in [-0.15, -0.1) is 0 Å². The molecule has 0 spiro atoms. The van der Waals surface area contributed by atoms with Crippen LogP contribution in [0.4, 0.5) is 0 Å². The lowest BCUT2D eigenvalue weighted by molar-refractivity contribution is -0.127. The molecule has 4 rings (SSSR count). The van der Waals surface area contributed by atoms with Crippen LogP contribution in [0.25, 0.3) is 0 Å². The molecule has 24 heavy (non-hydrogen) atoms. The van der Waals surface area contributed by atoms with E-state index in [-0.39, 0.29) is 17.9 Å². The quantitative estimate of drug-likeness (QED) is 0.907. The minimum absolute atomic E-state index is 0.0109. The fourth-order valence-electron chi connectivity index (χ4n) is 3.31. The summed E-state index contributed by atoms with van der Waals surface area (Å²) in [6.07, 6.45) is 1.42. The van der Waals surface area contributed by atoms with Crippen molar-refractivity contribution in [2.24, 2.45) is 5.92 Å². The zero-order valence-corrected chi connectivity index (χ0v) is 13.9. The highest BCUT2D eigenvalue weighted by molar-refractivity contribution is 6.30.